The second-order valence-electron chi connectivity index (χ2n) is 10.1. The molecule has 3 rings (SSSR count). The third-order valence-corrected chi connectivity index (χ3v) is 7.52. The van der Waals surface area contributed by atoms with Gasteiger partial charge in [0.1, 0.15) is 5.75 Å². The fourth-order valence-electron chi connectivity index (χ4n) is 5.28. The van der Waals surface area contributed by atoms with Crippen LogP contribution in [0.25, 0.3) is 0 Å². The second kappa shape index (κ2) is 12.3. The summed E-state index contributed by atoms with van der Waals surface area (Å²) in [5.41, 5.74) is 2.77. The number of likely N-dealkylation sites (tertiary alicyclic amines) is 1. The number of aliphatic hydroxyl groups is 1. The first-order valence-corrected chi connectivity index (χ1v) is 13.0. The third-order valence-electron chi connectivity index (χ3n) is 7.52. The Bertz CT molecular complexity index is 992. The van der Waals surface area contributed by atoms with Gasteiger partial charge in [0.25, 0.3) is 0 Å². The van der Waals surface area contributed by atoms with Gasteiger partial charge in [-0.25, -0.2) is 0 Å². The second-order valence-corrected chi connectivity index (χ2v) is 10.1. The Morgan fingerprint density at radius 1 is 1.17 bits per heavy atom. The van der Waals surface area contributed by atoms with Gasteiger partial charge in [-0.2, -0.15) is 13.2 Å². The van der Waals surface area contributed by atoms with E-state index in [1.807, 2.05) is 13.0 Å². The van der Waals surface area contributed by atoms with E-state index in [4.69, 9.17) is 0 Å². The monoisotopic (exact) mass is 507 g/mol. The van der Waals surface area contributed by atoms with E-state index in [1.165, 1.54) is 11.6 Å². The molecule has 1 unspecified atom stereocenters. The number of nitrogens with zero attached hydrogens (tertiary/aromatic N) is 2. The molecule has 1 atom stereocenters. The number of hydrogen-bond acceptors (Lipinski definition) is 5. The Kier molecular flexibility index (Phi) is 9.64. The molecule has 0 bridgehead atoms. The number of phenolic OH excluding ortho intramolecular Hbond substituents is 1. The predicted octanol–water partition coefficient (Wildman–Crippen LogP) is 5.82. The van der Waals surface area contributed by atoms with E-state index in [9.17, 15) is 23.4 Å². The molecule has 36 heavy (non-hydrogen) atoms. The number of halogens is 3. The van der Waals surface area contributed by atoms with Crippen molar-refractivity contribution in [2.45, 2.75) is 90.1 Å². The number of aliphatic imine (C=N–C) groups is 1. The highest BCUT2D eigenvalue weighted by molar-refractivity contribution is 6.14. The standard InChI is InChI=1S/C28H40F3N3O2/c1-5-18(2)25(33-21-7-6-14-34(17-21)22-9-11-23(35)12-10-22)15-19(3)27(32-4)24-13-8-20(16-26(24)36)28(29,30)31/h8,13,15-16,21-23,33,35-36H,5-7,9-12,14,17H2,1-4H3/b19-15-,25-18-,32-27+. The van der Waals surface area contributed by atoms with E-state index in [0.717, 1.165) is 81.4 Å². The first-order chi connectivity index (χ1) is 17.0. The molecule has 0 radical (unpaired) electrons. The maximum Gasteiger partial charge on any atom is 0.416 e. The van der Waals surface area contributed by atoms with Crippen LogP contribution in [0.3, 0.4) is 0 Å². The summed E-state index contributed by atoms with van der Waals surface area (Å²) in [6.07, 6.45) is 4.16. The number of phenols is 1. The fraction of sp³-hybridized carbons (Fsp3) is 0.607. The summed E-state index contributed by atoms with van der Waals surface area (Å²) in [7, 11) is 1.58. The lowest BCUT2D eigenvalue weighted by molar-refractivity contribution is -0.137. The molecular formula is C28H40F3N3O2. The van der Waals surface area contributed by atoms with Crippen molar-refractivity contribution >= 4 is 5.71 Å². The molecular weight excluding hydrogens is 467 g/mol. The van der Waals surface area contributed by atoms with Gasteiger partial charge in [-0.15, -0.1) is 0 Å². The van der Waals surface area contributed by atoms with Crippen LogP contribution < -0.4 is 5.32 Å². The Balaban J connectivity index is 1.78. The van der Waals surface area contributed by atoms with Gasteiger partial charge < -0.3 is 15.5 Å². The zero-order valence-electron chi connectivity index (χ0n) is 21.8. The first-order valence-electron chi connectivity index (χ1n) is 13.0. The Morgan fingerprint density at radius 2 is 1.86 bits per heavy atom. The molecule has 1 saturated carbocycles. The molecule has 2 aliphatic rings. The molecule has 1 heterocycles. The Labute approximate surface area is 212 Å². The quantitative estimate of drug-likeness (QED) is 0.322. The van der Waals surface area contributed by atoms with Crippen molar-refractivity contribution < 1.29 is 23.4 Å². The Morgan fingerprint density at radius 3 is 2.44 bits per heavy atom. The normalized spacial score (nSPS) is 25.5. The molecule has 0 aromatic heterocycles. The zero-order chi connectivity index (χ0) is 26.5. The third kappa shape index (κ3) is 7.13. The molecule has 1 aliphatic carbocycles. The summed E-state index contributed by atoms with van der Waals surface area (Å²) in [4.78, 5) is 6.86. The maximum absolute atomic E-state index is 13.0. The van der Waals surface area contributed by atoms with Crippen LogP contribution in [0.15, 0.2) is 46.1 Å². The van der Waals surface area contributed by atoms with Crippen molar-refractivity contribution in [1.29, 1.82) is 0 Å². The van der Waals surface area contributed by atoms with Gasteiger partial charge in [0.15, 0.2) is 0 Å². The SMILES string of the molecule is CC/C(C)=C(/C=C(C)\C(=N/C)c1ccc(C(F)(F)F)cc1O)NC1CCCN(C2CCC(O)CC2)C1. The van der Waals surface area contributed by atoms with Gasteiger partial charge in [-0.3, -0.25) is 9.89 Å². The summed E-state index contributed by atoms with van der Waals surface area (Å²) >= 11 is 0. The number of benzene rings is 1. The van der Waals surface area contributed by atoms with Crippen LogP contribution >= 0.6 is 0 Å². The van der Waals surface area contributed by atoms with Gasteiger partial charge in [0, 0.05) is 36.9 Å². The van der Waals surface area contributed by atoms with Gasteiger partial charge in [0.2, 0.25) is 0 Å². The van der Waals surface area contributed by atoms with Crippen LogP contribution in [0.2, 0.25) is 0 Å². The molecule has 0 amide bonds. The summed E-state index contributed by atoms with van der Waals surface area (Å²) in [6.45, 7) is 8.07. The van der Waals surface area contributed by atoms with E-state index in [2.05, 4.69) is 29.1 Å². The molecule has 1 aromatic carbocycles. The Hall–Kier alpha value is -2.32. The van der Waals surface area contributed by atoms with Crippen molar-refractivity contribution in [2.24, 2.45) is 4.99 Å². The van der Waals surface area contributed by atoms with E-state index < -0.39 is 17.5 Å². The van der Waals surface area contributed by atoms with Crippen LogP contribution in [-0.4, -0.2) is 59.1 Å². The summed E-state index contributed by atoms with van der Waals surface area (Å²) < 4.78 is 39.1. The van der Waals surface area contributed by atoms with Gasteiger partial charge in [-0.1, -0.05) is 12.5 Å². The number of alkyl halides is 3. The molecule has 1 aromatic rings. The molecule has 200 valence electrons. The maximum atomic E-state index is 13.0. The molecule has 3 N–H and O–H groups in total. The van der Waals surface area contributed by atoms with Crippen molar-refractivity contribution in [1.82, 2.24) is 10.2 Å². The highest BCUT2D eigenvalue weighted by Gasteiger charge is 2.32. The minimum atomic E-state index is -4.52. The summed E-state index contributed by atoms with van der Waals surface area (Å²) in [6, 6.07) is 3.81. The fourth-order valence-corrected chi connectivity index (χ4v) is 5.28. The van der Waals surface area contributed by atoms with Crippen LogP contribution in [-0.2, 0) is 6.18 Å². The van der Waals surface area contributed by atoms with Crippen molar-refractivity contribution in [3.8, 4) is 5.75 Å². The summed E-state index contributed by atoms with van der Waals surface area (Å²) in [5.74, 6) is -0.440. The average molecular weight is 508 g/mol. The molecule has 2 fully saturated rings. The van der Waals surface area contributed by atoms with E-state index in [-0.39, 0.29) is 17.7 Å². The van der Waals surface area contributed by atoms with Crippen LogP contribution in [0.5, 0.6) is 5.75 Å². The molecule has 0 spiro atoms. The molecule has 5 nitrogen and oxygen atoms in total. The largest absolute Gasteiger partial charge is 0.507 e. The van der Waals surface area contributed by atoms with E-state index in [0.29, 0.717) is 11.8 Å². The highest BCUT2D eigenvalue weighted by atomic mass is 19.4. The van der Waals surface area contributed by atoms with Gasteiger partial charge >= 0.3 is 6.18 Å². The summed E-state index contributed by atoms with van der Waals surface area (Å²) in [5, 5.41) is 24.0. The smallest absolute Gasteiger partial charge is 0.416 e. The van der Waals surface area contributed by atoms with Gasteiger partial charge in [0.05, 0.1) is 17.4 Å². The predicted molar refractivity (Wildman–Crippen MR) is 138 cm³/mol. The van der Waals surface area contributed by atoms with Crippen LogP contribution in [0.1, 0.15) is 76.8 Å². The minimum absolute atomic E-state index is 0.159. The number of aromatic hydroxyl groups is 1. The number of nitrogens with one attached hydrogen (secondary N) is 1. The average Bonchev–Trinajstić information content (AvgIpc) is 2.84. The number of aliphatic hydroxyl groups excluding tert-OH is 1. The number of hydrogen-bond donors (Lipinski definition) is 3. The topological polar surface area (TPSA) is 68.1 Å². The minimum Gasteiger partial charge on any atom is -0.507 e. The zero-order valence-corrected chi connectivity index (χ0v) is 21.8. The molecule has 8 heteroatoms. The lowest BCUT2D eigenvalue weighted by atomic mass is 9.90. The first kappa shape index (κ1) is 28.3. The van der Waals surface area contributed by atoms with Crippen LogP contribution in [0.4, 0.5) is 13.2 Å². The number of rotatable bonds is 7. The highest BCUT2D eigenvalue weighted by Crippen LogP contribution is 2.33. The lowest BCUT2D eigenvalue weighted by Gasteiger charge is -2.41. The van der Waals surface area contributed by atoms with Crippen molar-refractivity contribution in [3.63, 3.8) is 0 Å². The van der Waals surface area contributed by atoms with Crippen molar-refractivity contribution in [3.05, 3.63) is 52.2 Å². The number of piperidine rings is 1. The number of allylic oxidation sites excluding steroid dienone is 3. The van der Waals surface area contributed by atoms with Crippen LogP contribution in [0, 0.1) is 0 Å². The van der Waals surface area contributed by atoms with E-state index in [1.54, 1.807) is 7.05 Å². The van der Waals surface area contributed by atoms with Crippen molar-refractivity contribution in [2.75, 3.05) is 20.1 Å². The lowest BCUT2D eigenvalue weighted by Crippen LogP contribution is -2.50. The van der Waals surface area contributed by atoms with Gasteiger partial charge in [-0.05, 0) is 95.2 Å². The van der Waals surface area contributed by atoms with E-state index >= 15 is 0 Å². The molecule has 1 aliphatic heterocycles. The molecule has 1 saturated heterocycles.